The van der Waals surface area contributed by atoms with Crippen LogP contribution in [0, 0.1) is 0 Å². The van der Waals surface area contributed by atoms with E-state index < -0.39 is 11.5 Å². The Morgan fingerprint density at radius 2 is 1.71 bits per heavy atom. The minimum absolute atomic E-state index is 0.00209. The first kappa shape index (κ1) is 27.6. The van der Waals surface area contributed by atoms with Crippen molar-refractivity contribution in [3.8, 4) is 0 Å². The minimum atomic E-state index is -0.790. The SMILES string of the molecule is CN(C)c1ccc(C2CC(c3cccc(NC(=O)c4cc5cc(Cl)cc(Cl)c5oc4=O)c3)=NN2c2ccccc2)cc1. The van der Waals surface area contributed by atoms with Crippen molar-refractivity contribution in [3.05, 3.63) is 134 Å². The lowest BCUT2D eigenvalue weighted by Gasteiger charge is -2.24. The van der Waals surface area contributed by atoms with Gasteiger partial charge in [-0.3, -0.25) is 9.80 Å². The molecule has 2 heterocycles. The maximum atomic E-state index is 13.2. The second-order valence-electron chi connectivity index (χ2n) is 10.2. The first-order chi connectivity index (χ1) is 20.3. The Balaban J connectivity index is 1.29. The summed E-state index contributed by atoms with van der Waals surface area (Å²) in [6, 6.07) is 30.5. The van der Waals surface area contributed by atoms with Crippen molar-refractivity contribution < 1.29 is 9.21 Å². The number of hydrazone groups is 1. The van der Waals surface area contributed by atoms with E-state index in [1.807, 2.05) is 67.6 Å². The van der Waals surface area contributed by atoms with Crippen LogP contribution < -0.4 is 20.9 Å². The third-order valence-corrected chi connectivity index (χ3v) is 7.67. The van der Waals surface area contributed by atoms with Gasteiger partial charge in [0.25, 0.3) is 5.91 Å². The predicted octanol–water partition coefficient (Wildman–Crippen LogP) is 7.77. The fourth-order valence-corrected chi connectivity index (χ4v) is 5.60. The number of nitrogens with one attached hydrogen (secondary N) is 1. The normalized spacial score (nSPS) is 14.6. The van der Waals surface area contributed by atoms with Crippen LogP contribution in [-0.4, -0.2) is 25.7 Å². The van der Waals surface area contributed by atoms with Gasteiger partial charge in [-0.25, -0.2) is 4.79 Å². The quantitative estimate of drug-likeness (QED) is 0.202. The van der Waals surface area contributed by atoms with Crippen LogP contribution in [0.2, 0.25) is 10.0 Å². The number of carbonyl (C=O) groups excluding carboxylic acids is 1. The molecule has 0 radical (unpaired) electrons. The first-order valence-electron chi connectivity index (χ1n) is 13.3. The second-order valence-corrected chi connectivity index (χ2v) is 11.1. The highest BCUT2D eigenvalue weighted by molar-refractivity contribution is 6.38. The standard InChI is InChI=1S/C33H26Cl2N4O3/c1-38(2)25-13-11-20(12-14-25)30-19-29(37-39(30)26-9-4-3-5-10-26)21-7-6-8-24(16-21)36-32(40)27-17-22-15-23(34)18-28(35)31(22)42-33(27)41/h3-18,30H,19H2,1-2H3,(H,36,40). The smallest absolute Gasteiger partial charge is 0.349 e. The molecule has 4 aromatic carbocycles. The van der Waals surface area contributed by atoms with Gasteiger partial charge < -0.3 is 14.6 Å². The van der Waals surface area contributed by atoms with Crippen molar-refractivity contribution in [2.45, 2.75) is 12.5 Å². The maximum absolute atomic E-state index is 13.2. The van der Waals surface area contributed by atoms with Gasteiger partial charge in [-0.15, -0.1) is 0 Å². The summed E-state index contributed by atoms with van der Waals surface area (Å²) in [5, 5.41) is 10.9. The summed E-state index contributed by atoms with van der Waals surface area (Å²) in [6.45, 7) is 0. The molecular weight excluding hydrogens is 571 g/mol. The van der Waals surface area contributed by atoms with Gasteiger partial charge in [0.1, 0.15) is 5.56 Å². The van der Waals surface area contributed by atoms with Gasteiger partial charge in [-0.2, -0.15) is 5.10 Å². The van der Waals surface area contributed by atoms with Gasteiger partial charge in [0.15, 0.2) is 5.58 Å². The molecule has 0 saturated heterocycles. The molecule has 210 valence electrons. The summed E-state index contributed by atoms with van der Waals surface area (Å²) in [6.07, 6.45) is 0.670. The van der Waals surface area contributed by atoms with E-state index >= 15 is 0 Å². The molecule has 1 aromatic heterocycles. The van der Waals surface area contributed by atoms with Crippen LogP contribution in [0.4, 0.5) is 17.1 Å². The van der Waals surface area contributed by atoms with E-state index in [4.69, 9.17) is 32.7 Å². The van der Waals surface area contributed by atoms with E-state index in [-0.39, 0.29) is 22.2 Å². The molecule has 0 bridgehead atoms. The first-order valence-corrected chi connectivity index (χ1v) is 14.1. The van der Waals surface area contributed by atoms with E-state index in [9.17, 15) is 9.59 Å². The molecule has 1 atom stereocenters. The number of carbonyl (C=O) groups is 1. The number of fused-ring (bicyclic) bond motifs is 1. The third-order valence-electron chi connectivity index (χ3n) is 7.18. The Labute approximate surface area is 252 Å². The number of hydrogen-bond donors (Lipinski definition) is 1. The fraction of sp³-hybridized carbons (Fsp3) is 0.121. The van der Waals surface area contributed by atoms with Gasteiger partial charge in [0.2, 0.25) is 0 Å². The Morgan fingerprint density at radius 1 is 0.952 bits per heavy atom. The number of halogens is 2. The molecule has 1 N–H and O–H groups in total. The van der Waals surface area contributed by atoms with Crippen molar-refractivity contribution in [2.75, 3.05) is 29.3 Å². The molecule has 42 heavy (non-hydrogen) atoms. The fourth-order valence-electron chi connectivity index (χ4n) is 5.05. The van der Waals surface area contributed by atoms with Crippen LogP contribution in [0.15, 0.2) is 111 Å². The molecule has 1 aliphatic rings. The number of anilines is 3. The van der Waals surface area contributed by atoms with Gasteiger partial charge in [0.05, 0.1) is 22.5 Å². The van der Waals surface area contributed by atoms with Crippen LogP contribution in [0.25, 0.3) is 11.0 Å². The minimum Gasteiger partial charge on any atom is -0.421 e. The monoisotopic (exact) mass is 596 g/mol. The summed E-state index contributed by atoms with van der Waals surface area (Å²) >= 11 is 12.3. The van der Waals surface area contributed by atoms with Gasteiger partial charge in [-0.1, -0.05) is 65.7 Å². The van der Waals surface area contributed by atoms with E-state index in [0.717, 1.165) is 28.2 Å². The lowest BCUT2D eigenvalue weighted by Crippen LogP contribution is -2.20. The van der Waals surface area contributed by atoms with Crippen molar-refractivity contribution in [1.29, 1.82) is 0 Å². The molecule has 0 spiro atoms. The molecular formula is C33H26Cl2N4O3. The number of amides is 1. The second kappa shape index (κ2) is 11.4. The average Bonchev–Trinajstić information content (AvgIpc) is 3.44. The molecule has 1 unspecified atom stereocenters. The van der Waals surface area contributed by atoms with Crippen LogP contribution in [0.1, 0.15) is 33.9 Å². The maximum Gasteiger partial charge on any atom is 0.349 e. The average molecular weight is 598 g/mol. The lowest BCUT2D eigenvalue weighted by atomic mass is 9.97. The number of benzene rings is 4. The highest BCUT2D eigenvalue weighted by Crippen LogP contribution is 2.37. The molecule has 6 rings (SSSR count). The molecule has 5 aromatic rings. The van der Waals surface area contributed by atoms with Crippen LogP contribution in [0.3, 0.4) is 0 Å². The molecule has 1 amide bonds. The summed E-state index contributed by atoms with van der Waals surface area (Å²) in [4.78, 5) is 27.9. The highest BCUT2D eigenvalue weighted by Gasteiger charge is 2.30. The summed E-state index contributed by atoms with van der Waals surface area (Å²) < 4.78 is 5.34. The van der Waals surface area contributed by atoms with Crippen LogP contribution in [0.5, 0.6) is 0 Å². The molecule has 0 saturated carbocycles. The zero-order chi connectivity index (χ0) is 29.4. The van der Waals surface area contributed by atoms with E-state index in [1.54, 1.807) is 12.1 Å². The van der Waals surface area contributed by atoms with Crippen LogP contribution in [-0.2, 0) is 0 Å². The Bertz CT molecular complexity index is 1890. The number of nitrogens with zero attached hydrogens (tertiary/aromatic N) is 3. The summed E-state index contributed by atoms with van der Waals surface area (Å²) in [7, 11) is 4.04. The van der Waals surface area contributed by atoms with Crippen molar-refractivity contribution in [1.82, 2.24) is 0 Å². The predicted molar refractivity (Wildman–Crippen MR) is 170 cm³/mol. The van der Waals surface area contributed by atoms with E-state index in [1.165, 1.54) is 12.1 Å². The van der Waals surface area contributed by atoms with Crippen molar-refractivity contribution in [3.63, 3.8) is 0 Å². The lowest BCUT2D eigenvalue weighted by molar-refractivity contribution is 0.102. The number of para-hydroxylation sites is 1. The zero-order valence-electron chi connectivity index (χ0n) is 22.8. The van der Waals surface area contributed by atoms with Crippen molar-refractivity contribution in [2.24, 2.45) is 5.10 Å². The third kappa shape index (κ3) is 5.49. The molecule has 0 aliphatic carbocycles. The van der Waals surface area contributed by atoms with Gasteiger partial charge in [-0.05, 0) is 65.7 Å². The van der Waals surface area contributed by atoms with E-state index in [0.29, 0.717) is 22.5 Å². The summed E-state index contributed by atoms with van der Waals surface area (Å²) in [5.41, 5.74) is 4.77. The largest absolute Gasteiger partial charge is 0.421 e. The van der Waals surface area contributed by atoms with Crippen LogP contribution >= 0.6 is 23.2 Å². The molecule has 1 aliphatic heterocycles. The van der Waals surface area contributed by atoms with E-state index in [2.05, 4.69) is 34.5 Å². The highest BCUT2D eigenvalue weighted by atomic mass is 35.5. The number of rotatable bonds is 6. The Morgan fingerprint density at radius 3 is 2.45 bits per heavy atom. The zero-order valence-corrected chi connectivity index (χ0v) is 24.4. The molecule has 0 fully saturated rings. The van der Waals surface area contributed by atoms with Gasteiger partial charge in [0, 0.05) is 42.3 Å². The number of hydrogen-bond acceptors (Lipinski definition) is 6. The summed E-state index contributed by atoms with van der Waals surface area (Å²) in [5.74, 6) is -0.600. The molecule has 9 heteroatoms. The van der Waals surface area contributed by atoms with Gasteiger partial charge >= 0.3 is 5.63 Å². The molecule has 7 nitrogen and oxygen atoms in total. The van der Waals surface area contributed by atoms with Crippen molar-refractivity contribution >= 4 is 62.9 Å². The Hall–Kier alpha value is -4.59. The Kier molecular flexibility index (Phi) is 7.45. The topological polar surface area (TPSA) is 78.1 Å².